The topological polar surface area (TPSA) is 63.3 Å². The molecule has 2 aromatic heterocycles. The Bertz CT molecular complexity index is 2020. The van der Waals surface area contributed by atoms with Crippen LogP contribution in [-0.2, 0) is 30.3 Å². The van der Waals surface area contributed by atoms with Crippen molar-refractivity contribution in [3.8, 4) is 22.4 Å². The molecule has 0 spiro atoms. The smallest absolute Gasteiger partial charge is 0.155 e. The number of para-hydroxylation sites is 1. The minimum absolute atomic E-state index is 0. The number of rotatable bonds is 4. The monoisotopic (exact) mass is 791 g/mol. The van der Waals surface area contributed by atoms with Crippen molar-refractivity contribution in [2.45, 2.75) is 59.7 Å². The van der Waals surface area contributed by atoms with Gasteiger partial charge in [0.1, 0.15) is 11.2 Å². The molecule has 2 heterocycles. The zero-order valence-electron chi connectivity index (χ0n) is 27.2. The molecule has 1 N–H and O–H groups in total. The summed E-state index contributed by atoms with van der Waals surface area (Å²) in [6.45, 7) is 16.8. The predicted octanol–water partition coefficient (Wildman–Crippen LogP) is 10.1. The molecule has 0 bridgehead atoms. The largest absolute Gasteiger partial charge is 0.512 e. The summed E-state index contributed by atoms with van der Waals surface area (Å²) in [5.41, 5.74) is 7.25. The van der Waals surface area contributed by atoms with Crippen LogP contribution in [0.15, 0.2) is 101 Å². The summed E-state index contributed by atoms with van der Waals surface area (Å²) in [5.74, 6) is -0.0625. The van der Waals surface area contributed by atoms with Crippen molar-refractivity contribution >= 4 is 51.8 Å². The molecule has 4 nitrogen and oxygen atoms in total. The van der Waals surface area contributed by atoms with Gasteiger partial charge in [-0.05, 0) is 30.9 Å². The van der Waals surface area contributed by atoms with E-state index in [1.165, 1.54) is 41.6 Å². The molecule has 0 aliphatic heterocycles. The second-order valence-corrected chi connectivity index (χ2v) is 18.5. The van der Waals surface area contributed by atoms with Crippen molar-refractivity contribution in [2.75, 3.05) is 0 Å². The fourth-order valence-corrected chi connectivity index (χ4v) is 6.76. The fraction of sp³-hybridized carbons (Fsp3) is 0.231. The van der Waals surface area contributed by atoms with Crippen LogP contribution in [0, 0.1) is 6.07 Å². The molecule has 4 aromatic carbocycles. The van der Waals surface area contributed by atoms with Crippen LogP contribution in [0.2, 0.25) is 19.6 Å². The van der Waals surface area contributed by atoms with Crippen molar-refractivity contribution in [1.29, 1.82) is 0 Å². The van der Waals surface area contributed by atoms with Gasteiger partial charge in [0, 0.05) is 54.4 Å². The molecule has 6 heteroatoms. The first-order valence-corrected chi connectivity index (χ1v) is 18.5. The summed E-state index contributed by atoms with van der Waals surface area (Å²) in [6.07, 6.45) is 3.02. The third-order valence-corrected chi connectivity index (χ3v) is 9.79. The number of hydrogen-bond donors (Lipinski definition) is 1. The standard InChI is InChI=1S/C34H32NOSi.C5H8O2.Ir/c1-34(2,3)29-21-24(20-23-10-7-8-11-26(23)29)32-31-28-13-9-12-27(33(28)36-30(31)18-19-35-32)22-14-16-25(17-15-22)37(4,5)6;1-4(6)3-5(2)7;/h7-19,21H,1-6H3;3,6H,1-2H3;/q-1;;/b;4-3-;. The fourth-order valence-electron chi connectivity index (χ4n) is 5.60. The Morgan fingerprint density at radius 1 is 0.911 bits per heavy atom. The number of furan rings is 1. The van der Waals surface area contributed by atoms with E-state index >= 15 is 0 Å². The van der Waals surface area contributed by atoms with Gasteiger partial charge in [-0.1, -0.05) is 117 Å². The third-order valence-electron chi connectivity index (χ3n) is 7.72. The molecule has 0 aliphatic carbocycles. The zero-order valence-corrected chi connectivity index (χ0v) is 30.6. The molecule has 0 unspecified atom stereocenters. The maximum atomic E-state index is 10.0. The molecule has 0 fully saturated rings. The maximum absolute atomic E-state index is 10.0. The van der Waals surface area contributed by atoms with Crippen LogP contribution in [0.25, 0.3) is 55.1 Å². The van der Waals surface area contributed by atoms with Gasteiger partial charge in [-0.2, -0.15) is 0 Å². The molecule has 0 aliphatic rings. The van der Waals surface area contributed by atoms with Crippen molar-refractivity contribution in [1.82, 2.24) is 4.98 Å². The normalized spacial score (nSPS) is 12.1. The number of aliphatic hydroxyl groups is 1. The second kappa shape index (κ2) is 13.3. The minimum atomic E-state index is -1.36. The summed E-state index contributed by atoms with van der Waals surface area (Å²) in [4.78, 5) is 14.9. The third kappa shape index (κ3) is 7.36. The summed E-state index contributed by atoms with van der Waals surface area (Å²) >= 11 is 0. The van der Waals surface area contributed by atoms with E-state index in [0.29, 0.717) is 0 Å². The van der Waals surface area contributed by atoms with Gasteiger partial charge in [0.25, 0.3) is 0 Å². The average molecular weight is 791 g/mol. The van der Waals surface area contributed by atoms with Crippen LogP contribution in [-0.4, -0.2) is 23.9 Å². The predicted molar refractivity (Wildman–Crippen MR) is 187 cm³/mol. The molecular weight excluding hydrogens is 751 g/mol. The summed E-state index contributed by atoms with van der Waals surface area (Å²) < 4.78 is 6.54. The van der Waals surface area contributed by atoms with Gasteiger partial charge in [-0.3, -0.25) is 9.78 Å². The number of allylic oxidation sites excluding steroid dienone is 2. The number of benzene rings is 4. The van der Waals surface area contributed by atoms with Gasteiger partial charge in [-0.15, -0.1) is 29.1 Å². The Kier molecular flexibility index (Phi) is 10.0. The Labute approximate surface area is 280 Å². The summed E-state index contributed by atoms with van der Waals surface area (Å²) in [5, 5.41) is 14.3. The van der Waals surface area contributed by atoms with Crippen LogP contribution < -0.4 is 5.19 Å². The molecule has 233 valence electrons. The molecule has 0 amide bonds. The molecule has 0 atom stereocenters. The molecule has 0 saturated heterocycles. The van der Waals surface area contributed by atoms with E-state index in [-0.39, 0.29) is 37.1 Å². The van der Waals surface area contributed by atoms with Crippen LogP contribution in [0.5, 0.6) is 0 Å². The van der Waals surface area contributed by atoms with Gasteiger partial charge >= 0.3 is 0 Å². The Morgan fingerprint density at radius 3 is 2.18 bits per heavy atom. The number of nitrogens with zero attached hydrogens (tertiary/aromatic N) is 1. The number of carbonyl (C=O) groups excluding carboxylic acids is 1. The van der Waals surface area contributed by atoms with Crippen LogP contribution in [0.1, 0.15) is 40.2 Å². The van der Waals surface area contributed by atoms with E-state index < -0.39 is 8.07 Å². The molecule has 1 radical (unpaired) electrons. The van der Waals surface area contributed by atoms with E-state index in [0.717, 1.165) is 44.1 Å². The SMILES string of the molecule is CC(=O)/C=C(/C)O.CC(C)(C)c1cc(-c2nccc3oc4c(-c5ccc([Si](C)(C)C)cc5)cccc4c23)[c-]c2ccccc12.[Ir]. The van der Waals surface area contributed by atoms with Crippen LogP contribution >= 0.6 is 0 Å². The van der Waals surface area contributed by atoms with Gasteiger partial charge in [0.05, 0.1) is 13.8 Å². The number of carbonyl (C=O) groups is 1. The first-order valence-electron chi connectivity index (χ1n) is 15.0. The first-order chi connectivity index (χ1) is 20.7. The van der Waals surface area contributed by atoms with Gasteiger partial charge < -0.3 is 9.52 Å². The number of aliphatic hydroxyl groups excluding tert-OH is 1. The van der Waals surface area contributed by atoms with Crippen LogP contribution in [0.4, 0.5) is 0 Å². The Hall–Kier alpha value is -3.83. The van der Waals surface area contributed by atoms with E-state index in [9.17, 15) is 4.79 Å². The molecule has 0 saturated carbocycles. The van der Waals surface area contributed by atoms with Crippen molar-refractivity contribution in [3.63, 3.8) is 0 Å². The molecule has 6 rings (SSSR count). The number of ketones is 1. The first kappa shape index (κ1) is 34.0. The van der Waals surface area contributed by atoms with Gasteiger partial charge in [0.15, 0.2) is 5.78 Å². The number of fused-ring (bicyclic) bond motifs is 4. The Balaban J connectivity index is 0.000000519. The maximum Gasteiger partial charge on any atom is 0.155 e. The quantitative estimate of drug-likeness (QED) is 0.0836. The molecule has 6 aromatic rings. The van der Waals surface area contributed by atoms with E-state index in [2.05, 4.69) is 119 Å². The number of aromatic nitrogens is 1. The van der Waals surface area contributed by atoms with Gasteiger partial charge in [0.2, 0.25) is 0 Å². The summed E-state index contributed by atoms with van der Waals surface area (Å²) in [6, 6.07) is 31.9. The van der Waals surface area contributed by atoms with Crippen molar-refractivity contribution < 1.29 is 34.4 Å². The van der Waals surface area contributed by atoms with E-state index in [1.54, 1.807) is 0 Å². The van der Waals surface area contributed by atoms with Crippen LogP contribution in [0.3, 0.4) is 0 Å². The zero-order chi connectivity index (χ0) is 31.8. The number of pyridine rings is 1. The molecule has 45 heavy (non-hydrogen) atoms. The van der Waals surface area contributed by atoms with E-state index in [1.807, 2.05) is 12.3 Å². The Morgan fingerprint density at radius 2 is 1.58 bits per heavy atom. The average Bonchev–Trinajstić information content (AvgIpc) is 3.34. The number of hydrogen-bond acceptors (Lipinski definition) is 4. The summed E-state index contributed by atoms with van der Waals surface area (Å²) in [7, 11) is -1.36. The van der Waals surface area contributed by atoms with Gasteiger partial charge in [-0.25, -0.2) is 0 Å². The molecular formula is C39H40IrNO3Si-. The van der Waals surface area contributed by atoms with Crippen molar-refractivity contribution in [2.24, 2.45) is 0 Å². The van der Waals surface area contributed by atoms with Crippen molar-refractivity contribution in [3.05, 3.63) is 109 Å². The van der Waals surface area contributed by atoms with E-state index in [4.69, 9.17) is 14.5 Å². The minimum Gasteiger partial charge on any atom is -0.512 e. The second-order valence-electron chi connectivity index (χ2n) is 13.4.